The van der Waals surface area contributed by atoms with Crippen LogP contribution in [0.15, 0.2) is 0 Å². The maximum atomic E-state index is 11.7. The third-order valence-corrected chi connectivity index (χ3v) is 3.48. The van der Waals surface area contributed by atoms with E-state index in [0.717, 1.165) is 11.3 Å². The zero-order chi connectivity index (χ0) is 13.2. The second-order valence-corrected chi connectivity index (χ2v) is 5.03. The number of hydrogen-bond acceptors (Lipinski definition) is 3. The van der Waals surface area contributed by atoms with Crippen LogP contribution in [0, 0.1) is 5.41 Å². The minimum atomic E-state index is -1.02. The van der Waals surface area contributed by atoms with Crippen LogP contribution in [-0.4, -0.2) is 54.9 Å². The molecule has 2 atom stereocenters. The number of likely N-dealkylation sites (N-methyl/N-ethyl adjacent to an activating group) is 1. The highest BCUT2D eigenvalue weighted by atomic mass is 16.5. The summed E-state index contributed by atoms with van der Waals surface area (Å²) < 4.78 is 5.28. The minimum Gasteiger partial charge on any atom is -0.480 e. The minimum absolute atomic E-state index is 0.0243. The maximum absolute atomic E-state index is 11.7. The highest BCUT2D eigenvalue weighted by Crippen LogP contribution is 2.42. The largest absolute Gasteiger partial charge is 0.480 e. The van der Waals surface area contributed by atoms with Gasteiger partial charge in [-0.2, -0.15) is 0 Å². The lowest BCUT2D eigenvalue weighted by molar-refractivity contribution is -0.137. The third kappa shape index (κ3) is 2.88. The predicted molar refractivity (Wildman–Crippen MR) is 61.8 cm³/mol. The molecule has 2 amide bonds. The molecule has 0 aromatic rings. The third-order valence-electron chi connectivity index (χ3n) is 3.48. The molecule has 1 aliphatic carbocycles. The molecule has 17 heavy (non-hydrogen) atoms. The molecule has 6 nitrogen and oxygen atoms in total. The van der Waals surface area contributed by atoms with Crippen molar-refractivity contribution in [3.05, 3.63) is 0 Å². The molecule has 0 bridgehead atoms. The number of nitrogens with one attached hydrogen (secondary N) is 1. The smallest absolute Gasteiger partial charge is 0.323 e. The van der Waals surface area contributed by atoms with Gasteiger partial charge in [-0.25, -0.2) is 4.79 Å². The lowest BCUT2D eigenvalue weighted by Crippen LogP contribution is -2.63. The van der Waals surface area contributed by atoms with Crippen LogP contribution >= 0.6 is 0 Å². The Kier molecular flexibility index (Phi) is 3.98. The monoisotopic (exact) mass is 244 g/mol. The number of rotatable bonds is 4. The number of carbonyl (C=O) groups is 2. The summed E-state index contributed by atoms with van der Waals surface area (Å²) in [5.74, 6) is -1.02. The molecule has 2 unspecified atom stereocenters. The number of carbonyl (C=O) groups excluding carboxylic acids is 1. The fourth-order valence-corrected chi connectivity index (χ4v) is 2.06. The first-order chi connectivity index (χ1) is 7.78. The normalized spacial score (nSPS) is 25.9. The zero-order valence-electron chi connectivity index (χ0n) is 10.7. The number of urea groups is 1. The number of methoxy groups -OCH3 is 1. The molecule has 0 radical (unpaired) electrons. The van der Waals surface area contributed by atoms with E-state index in [4.69, 9.17) is 9.84 Å². The first kappa shape index (κ1) is 13.8. The summed E-state index contributed by atoms with van der Waals surface area (Å²) in [6.07, 6.45) is 0.897. The zero-order valence-corrected chi connectivity index (χ0v) is 10.7. The molecule has 0 heterocycles. The molecule has 1 saturated carbocycles. The Morgan fingerprint density at radius 1 is 1.53 bits per heavy atom. The number of amides is 2. The van der Waals surface area contributed by atoms with E-state index in [1.807, 2.05) is 13.8 Å². The standard InChI is InChI=1S/C11H20N2O4/c1-11(2)7(5-8(11)17-4)12-10(16)13(3)6-9(14)15/h7-8H,5-6H2,1-4H3,(H,12,16)(H,14,15). The van der Waals surface area contributed by atoms with E-state index in [1.54, 1.807) is 7.11 Å². The van der Waals surface area contributed by atoms with Crippen LogP contribution in [0.4, 0.5) is 4.79 Å². The molecule has 2 N–H and O–H groups in total. The maximum Gasteiger partial charge on any atom is 0.323 e. The van der Waals surface area contributed by atoms with Crippen molar-refractivity contribution in [1.82, 2.24) is 10.2 Å². The summed E-state index contributed by atoms with van der Waals surface area (Å²) in [4.78, 5) is 23.3. The van der Waals surface area contributed by atoms with Crippen molar-refractivity contribution in [3.63, 3.8) is 0 Å². The Labute approximate surface area is 101 Å². The molecule has 0 saturated heterocycles. The number of carboxylic acid groups (broad SMARTS) is 1. The molecular formula is C11H20N2O4. The fraction of sp³-hybridized carbons (Fsp3) is 0.818. The highest BCUT2D eigenvalue weighted by Gasteiger charge is 2.49. The van der Waals surface area contributed by atoms with E-state index >= 15 is 0 Å². The lowest BCUT2D eigenvalue weighted by atomic mass is 9.64. The topological polar surface area (TPSA) is 78.9 Å². The molecule has 1 fully saturated rings. The van der Waals surface area contributed by atoms with Gasteiger partial charge in [0.15, 0.2) is 0 Å². The summed E-state index contributed by atoms with van der Waals surface area (Å²) in [6, 6.07) is -0.337. The summed E-state index contributed by atoms with van der Waals surface area (Å²) in [6.45, 7) is 3.74. The highest BCUT2D eigenvalue weighted by molar-refractivity contribution is 5.80. The Hall–Kier alpha value is -1.30. The van der Waals surface area contributed by atoms with Crippen molar-refractivity contribution in [1.29, 1.82) is 0 Å². The van der Waals surface area contributed by atoms with Crippen LogP contribution in [-0.2, 0) is 9.53 Å². The first-order valence-corrected chi connectivity index (χ1v) is 5.55. The van der Waals surface area contributed by atoms with Crippen molar-refractivity contribution in [2.24, 2.45) is 5.41 Å². The van der Waals surface area contributed by atoms with Crippen molar-refractivity contribution in [3.8, 4) is 0 Å². The Bertz CT molecular complexity index is 317. The van der Waals surface area contributed by atoms with Crippen LogP contribution in [0.5, 0.6) is 0 Å². The van der Waals surface area contributed by atoms with Gasteiger partial charge in [-0.15, -0.1) is 0 Å². The van der Waals surface area contributed by atoms with Crippen LogP contribution in [0.1, 0.15) is 20.3 Å². The summed E-state index contributed by atoms with van der Waals surface area (Å²) in [7, 11) is 3.12. The van der Waals surface area contributed by atoms with Crippen molar-refractivity contribution < 1.29 is 19.4 Å². The van der Waals surface area contributed by atoms with Crippen LogP contribution in [0.3, 0.4) is 0 Å². The second kappa shape index (κ2) is 4.91. The van der Waals surface area contributed by atoms with Gasteiger partial charge in [-0.3, -0.25) is 4.79 Å². The molecule has 1 aliphatic rings. The molecule has 0 aromatic heterocycles. The molecule has 1 rings (SSSR count). The molecule has 0 spiro atoms. The number of nitrogens with zero attached hydrogens (tertiary/aromatic N) is 1. The average Bonchev–Trinajstić information content (AvgIpc) is 2.22. The Balaban J connectivity index is 2.46. The Morgan fingerprint density at radius 2 is 2.12 bits per heavy atom. The Morgan fingerprint density at radius 3 is 2.53 bits per heavy atom. The van der Waals surface area contributed by atoms with E-state index in [-0.39, 0.29) is 30.1 Å². The van der Waals surface area contributed by atoms with Crippen molar-refractivity contribution in [2.75, 3.05) is 20.7 Å². The van der Waals surface area contributed by atoms with Gasteiger partial charge in [0.1, 0.15) is 6.54 Å². The van der Waals surface area contributed by atoms with Crippen LogP contribution < -0.4 is 5.32 Å². The number of carboxylic acids is 1. The SMILES string of the molecule is COC1CC(NC(=O)N(C)CC(=O)O)C1(C)C. The predicted octanol–water partition coefficient (Wildman–Crippen LogP) is 0.526. The van der Waals surface area contributed by atoms with Gasteiger partial charge in [0.05, 0.1) is 6.10 Å². The van der Waals surface area contributed by atoms with Gasteiger partial charge >= 0.3 is 12.0 Å². The van der Waals surface area contributed by atoms with E-state index in [0.29, 0.717) is 0 Å². The molecule has 0 aliphatic heterocycles. The first-order valence-electron chi connectivity index (χ1n) is 5.55. The second-order valence-electron chi connectivity index (χ2n) is 5.03. The van der Waals surface area contributed by atoms with Gasteiger partial charge in [-0.1, -0.05) is 13.8 Å². The van der Waals surface area contributed by atoms with E-state index < -0.39 is 5.97 Å². The number of ether oxygens (including phenoxy) is 1. The van der Waals surface area contributed by atoms with Crippen molar-refractivity contribution in [2.45, 2.75) is 32.4 Å². The van der Waals surface area contributed by atoms with Gasteiger partial charge in [0.2, 0.25) is 0 Å². The molecule has 0 aromatic carbocycles. The van der Waals surface area contributed by atoms with E-state index in [2.05, 4.69) is 5.32 Å². The van der Waals surface area contributed by atoms with Gasteiger partial charge in [-0.05, 0) is 6.42 Å². The fourth-order valence-electron chi connectivity index (χ4n) is 2.06. The lowest BCUT2D eigenvalue weighted by Gasteiger charge is -2.51. The number of aliphatic carboxylic acids is 1. The molecule has 98 valence electrons. The summed E-state index contributed by atoms with van der Waals surface area (Å²) in [5, 5.41) is 11.4. The quantitative estimate of drug-likeness (QED) is 0.756. The molecular weight excluding hydrogens is 224 g/mol. The summed E-state index contributed by atoms with van der Waals surface area (Å²) >= 11 is 0. The van der Waals surface area contributed by atoms with Crippen LogP contribution in [0.2, 0.25) is 0 Å². The van der Waals surface area contributed by atoms with Gasteiger partial charge < -0.3 is 20.1 Å². The van der Waals surface area contributed by atoms with Crippen molar-refractivity contribution >= 4 is 12.0 Å². The van der Waals surface area contributed by atoms with E-state index in [1.165, 1.54) is 7.05 Å². The number of hydrogen-bond donors (Lipinski definition) is 2. The average molecular weight is 244 g/mol. The van der Waals surface area contributed by atoms with Gasteiger partial charge in [0, 0.05) is 25.6 Å². The summed E-state index contributed by atoms with van der Waals surface area (Å²) in [5.41, 5.74) is -0.117. The van der Waals surface area contributed by atoms with E-state index in [9.17, 15) is 9.59 Å². The molecule has 6 heteroatoms. The van der Waals surface area contributed by atoms with Gasteiger partial charge in [0.25, 0.3) is 0 Å². The van der Waals surface area contributed by atoms with Crippen LogP contribution in [0.25, 0.3) is 0 Å².